The fraction of sp³-hybridized carbons (Fsp3) is 0.156. The second-order valence-corrected chi connectivity index (χ2v) is 34.3. The van der Waals surface area contributed by atoms with E-state index in [4.69, 9.17) is 19.9 Å². The Labute approximate surface area is 770 Å². The molecule has 24 rings (SSSR count). The fourth-order valence-corrected chi connectivity index (χ4v) is 18.0. The van der Waals surface area contributed by atoms with Crippen LogP contribution in [0.2, 0.25) is 0 Å². The van der Waals surface area contributed by atoms with E-state index in [9.17, 15) is 5.11 Å². The molecule has 24 aromatic rings. The smallest absolute Gasteiger partial charge is 0.159 e. The number of nitrogens with zero attached hydrogens (tertiary/aromatic N) is 13. The van der Waals surface area contributed by atoms with Crippen molar-refractivity contribution in [2.45, 2.75) is 73.8 Å². The number of aliphatic hydroxyl groups is 1. The van der Waals surface area contributed by atoms with Gasteiger partial charge in [0.25, 0.3) is 0 Å². The van der Waals surface area contributed by atoms with Gasteiger partial charge in [-0.15, -0.1) is 0 Å². The van der Waals surface area contributed by atoms with Gasteiger partial charge < -0.3 is 41.0 Å². The molecular weight excluding hydrogens is 1660 g/mol. The van der Waals surface area contributed by atoms with Crippen molar-refractivity contribution in [2.24, 2.45) is 5.92 Å². The van der Waals surface area contributed by atoms with Crippen LogP contribution in [0, 0.1) is 5.92 Å². The van der Waals surface area contributed by atoms with Crippen molar-refractivity contribution in [3.8, 4) is 90.6 Å². The summed E-state index contributed by atoms with van der Waals surface area (Å²) in [6.45, 7) is 19.8. The lowest BCUT2D eigenvalue weighted by Gasteiger charge is -2.17. The SMILES string of the molecule is CC(C)NCc1cccc2[nH]c(-c3n[nH]c4ccc(-c5cncc6ccccc56)cc34)nc12.CC(CO)CNCc1cccc2[nH]c(-c3n[nH]c4ccc(-c5cncc6ccccc56)cc34)nc12.CCN(CC)Cc1cccc2[nH]c(-c3n[nH]c4ccc(-c5cncc6ccccc56)cc34)nc12.CCNCc1cccc2[nH]c(-c3n[nH]c4ccc(-c5cncc6ccccc56)cc34)nc12. The number of aromatic nitrogens is 20. The number of benzene rings is 12. The maximum absolute atomic E-state index is 9.27. The predicted octanol–water partition coefficient (Wildman–Crippen LogP) is 22.5. The molecule has 12 heterocycles. The van der Waals surface area contributed by atoms with Crippen molar-refractivity contribution in [3.05, 3.63) is 314 Å². The molecule has 0 amide bonds. The van der Waals surface area contributed by atoms with E-state index in [1.807, 2.05) is 92.9 Å². The van der Waals surface area contributed by atoms with Gasteiger partial charge in [-0.05, 0) is 164 Å². The number of hydrogen-bond donors (Lipinski definition) is 12. The number of aliphatic hydroxyl groups excluding tert-OH is 1. The third kappa shape index (κ3) is 16.9. The number of fused-ring (bicyclic) bond motifs is 12. The Hall–Kier alpha value is -16.2. The molecule has 0 fully saturated rings. The highest BCUT2D eigenvalue weighted by Crippen LogP contribution is 2.40. The Balaban J connectivity index is 0.000000107. The lowest BCUT2D eigenvalue weighted by molar-refractivity contribution is 0.233. The monoisotopic (exact) mass is 1760 g/mol. The van der Waals surface area contributed by atoms with Crippen LogP contribution in [0.4, 0.5) is 0 Å². The minimum Gasteiger partial charge on any atom is -0.396 e. The van der Waals surface area contributed by atoms with Gasteiger partial charge >= 0.3 is 0 Å². The molecular formula is C109H98N24O. The van der Waals surface area contributed by atoms with Gasteiger partial charge in [0.2, 0.25) is 0 Å². The zero-order valence-corrected chi connectivity index (χ0v) is 75.0. The second kappa shape index (κ2) is 37.4. The zero-order chi connectivity index (χ0) is 90.7. The molecule has 25 nitrogen and oxygen atoms in total. The Morgan fingerprint density at radius 2 is 0.619 bits per heavy atom. The van der Waals surface area contributed by atoms with Gasteiger partial charge in [-0.1, -0.05) is 211 Å². The van der Waals surface area contributed by atoms with E-state index in [2.05, 4.69) is 342 Å². The summed E-state index contributed by atoms with van der Waals surface area (Å²) in [6.07, 6.45) is 15.3. The Kier molecular flexibility index (Phi) is 23.6. The van der Waals surface area contributed by atoms with Crippen LogP contribution in [-0.4, -0.2) is 149 Å². The number of aromatic amines is 8. The molecule has 1 atom stereocenters. The molecule has 0 bridgehead atoms. The van der Waals surface area contributed by atoms with Gasteiger partial charge in [0.1, 0.15) is 22.8 Å². The molecule has 0 saturated heterocycles. The van der Waals surface area contributed by atoms with E-state index in [-0.39, 0.29) is 12.5 Å². The third-order valence-corrected chi connectivity index (χ3v) is 25.1. The molecule has 0 spiro atoms. The summed E-state index contributed by atoms with van der Waals surface area (Å²) < 4.78 is 0. The molecule has 0 aliphatic rings. The van der Waals surface area contributed by atoms with Crippen LogP contribution in [0.1, 0.15) is 63.8 Å². The van der Waals surface area contributed by atoms with E-state index < -0.39 is 0 Å². The maximum Gasteiger partial charge on any atom is 0.159 e. The van der Waals surface area contributed by atoms with E-state index in [0.29, 0.717) is 12.6 Å². The lowest BCUT2D eigenvalue weighted by atomic mass is 9.99. The first-order chi connectivity index (χ1) is 65.9. The molecule has 1 unspecified atom stereocenters. The number of hydrogen-bond acceptors (Lipinski definition) is 17. The maximum atomic E-state index is 9.27. The van der Waals surface area contributed by atoms with E-state index in [1.165, 1.54) is 38.2 Å². The second-order valence-electron chi connectivity index (χ2n) is 34.3. The van der Waals surface area contributed by atoms with Gasteiger partial charge in [0.05, 0.1) is 66.2 Å². The number of para-hydroxylation sites is 4. The average molecular weight is 1760 g/mol. The normalized spacial score (nSPS) is 12.0. The summed E-state index contributed by atoms with van der Waals surface area (Å²) in [5.74, 6) is 3.26. The highest BCUT2D eigenvalue weighted by molar-refractivity contribution is 6.06. The summed E-state index contributed by atoms with van der Waals surface area (Å²) >= 11 is 0. The average Bonchev–Trinajstić information content (AvgIpc) is 1.65. The Morgan fingerprint density at radius 1 is 0.313 bits per heavy atom. The first-order valence-corrected chi connectivity index (χ1v) is 45.6. The number of rotatable bonds is 23. The minimum absolute atomic E-state index is 0.173. The first-order valence-electron chi connectivity index (χ1n) is 45.6. The van der Waals surface area contributed by atoms with Crippen molar-refractivity contribution in [1.29, 1.82) is 0 Å². The first kappa shape index (κ1) is 84.7. The molecule has 134 heavy (non-hydrogen) atoms. The lowest BCUT2D eigenvalue weighted by Crippen LogP contribution is -2.22. The van der Waals surface area contributed by atoms with Crippen molar-refractivity contribution in [1.82, 2.24) is 121 Å². The van der Waals surface area contributed by atoms with Gasteiger partial charge in [0.15, 0.2) is 23.3 Å². The molecule has 12 N–H and O–H groups in total. The summed E-state index contributed by atoms with van der Waals surface area (Å²) in [5.41, 5.74) is 28.6. The van der Waals surface area contributed by atoms with Gasteiger partial charge in [-0.2, -0.15) is 20.4 Å². The van der Waals surface area contributed by atoms with Crippen LogP contribution in [-0.2, 0) is 26.2 Å². The number of pyridine rings is 4. The van der Waals surface area contributed by atoms with Crippen molar-refractivity contribution < 1.29 is 5.11 Å². The molecule has 0 aliphatic heterocycles. The minimum atomic E-state index is 0.173. The standard InChI is InChI=1S/C28H26N6O.C28H26N6.C27H24N6.C26H22N6/c1-17(16-35)12-29-14-20-6-4-8-25-26(20)32-28(31-25)27-22-11-18(9-10-24(22)33-34-27)23-15-30-13-19-5-2-3-7-21(19)23;1-3-34(4-2)17-20-9-7-11-25-26(20)31-28(30-25)27-22-14-18(12-13-24(22)32-33-27)23-16-29-15-19-8-5-6-10-21(19)23;1-16(2)29-14-19-7-5-9-24-25(19)31-27(30-24)26-21-12-17(10-11-23(21)32-33-26)22-15-28-13-18-6-3-4-8-20(18)22;1-2-27-14-18-7-5-9-23-24(18)30-26(29-23)25-20-12-16(10-11-22(20)31-32-25)21-15-28-13-17-6-3-4-8-19(17)21/h2-11,13,15,17,29,35H,12,14,16H2,1H3,(H,31,32)(H,33,34);5-16H,3-4,17H2,1-2H3,(H,30,31)(H,32,33);3-13,15-16,29H,14H2,1-2H3,(H,30,31)(H,32,33);3-13,15,27H,2,14H2,1H3,(H,29,30)(H,31,32). The largest absolute Gasteiger partial charge is 0.396 e. The summed E-state index contributed by atoms with van der Waals surface area (Å²) in [5, 5.41) is 64.0. The van der Waals surface area contributed by atoms with Gasteiger partial charge in [-0.3, -0.25) is 45.2 Å². The molecule has 660 valence electrons. The number of H-pyrrole nitrogens is 8. The zero-order valence-electron chi connectivity index (χ0n) is 75.0. The van der Waals surface area contributed by atoms with E-state index >= 15 is 0 Å². The molecule has 12 aromatic heterocycles. The highest BCUT2D eigenvalue weighted by Gasteiger charge is 2.23. The van der Waals surface area contributed by atoms with Crippen molar-refractivity contribution >= 4 is 131 Å². The Morgan fingerprint density at radius 3 is 0.933 bits per heavy atom. The van der Waals surface area contributed by atoms with Gasteiger partial charge in [0, 0.05) is 160 Å². The topological polar surface area (TPSA) is 341 Å². The van der Waals surface area contributed by atoms with E-state index in [1.54, 1.807) is 0 Å². The third-order valence-electron chi connectivity index (χ3n) is 25.1. The van der Waals surface area contributed by atoms with Crippen LogP contribution >= 0.6 is 0 Å². The van der Waals surface area contributed by atoms with Crippen LogP contribution in [0.25, 0.3) is 221 Å². The summed E-state index contributed by atoms with van der Waals surface area (Å²) in [6, 6.07) is 84.1. The molecule has 25 heteroatoms. The molecule has 12 aromatic carbocycles. The quantitative estimate of drug-likeness (QED) is 0.0283. The fourth-order valence-electron chi connectivity index (χ4n) is 18.0. The number of imidazole rings is 4. The van der Waals surface area contributed by atoms with Crippen LogP contribution in [0.5, 0.6) is 0 Å². The van der Waals surface area contributed by atoms with Crippen molar-refractivity contribution in [3.63, 3.8) is 0 Å². The van der Waals surface area contributed by atoms with Crippen LogP contribution in [0.15, 0.2) is 292 Å². The van der Waals surface area contributed by atoms with Crippen LogP contribution in [0.3, 0.4) is 0 Å². The van der Waals surface area contributed by atoms with Crippen molar-refractivity contribution in [2.75, 3.05) is 32.8 Å². The predicted molar refractivity (Wildman–Crippen MR) is 542 cm³/mol. The highest BCUT2D eigenvalue weighted by atomic mass is 16.3. The molecule has 0 aliphatic carbocycles. The summed E-state index contributed by atoms with van der Waals surface area (Å²) in [4.78, 5) is 53.9. The number of nitrogens with one attached hydrogen (secondary N) is 11. The summed E-state index contributed by atoms with van der Waals surface area (Å²) in [7, 11) is 0. The van der Waals surface area contributed by atoms with Gasteiger partial charge in [-0.25, -0.2) is 19.9 Å². The van der Waals surface area contributed by atoms with E-state index in [0.717, 1.165) is 251 Å². The Bertz CT molecular complexity index is 8390. The van der Waals surface area contributed by atoms with Crippen LogP contribution < -0.4 is 16.0 Å². The molecule has 0 saturated carbocycles. The molecule has 0 radical (unpaired) electrons.